The van der Waals surface area contributed by atoms with Crippen LogP contribution >= 0.6 is 0 Å². The van der Waals surface area contributed by atoms with Gasteiger partial charge in [-0.25, -0.2) is 0 Å². The average Bonchev–Trinajstić information content (AvgIpc) is 2.97. The fraction of sp³-hybridized carbons (Fsp3) is 0.0286. The van der Waals surface area contributed by atoms with E-state index in [1.54, 1.807) is 6.08 Å². The first-order chi connectivity index (χ1) is 18.8. The van der Waals surface area contributed by atoms with Crippen molar-refractivity contribution in [1.82, 2.24) is 0 Å². The smallest absolute Gasteiger partial charge is 0.137 e. The minimum absolute atomic E-state index is 0.835. The number of rotatable bonds is 4. The van der Waals surface area contributed by atoms with Crippen molar-refractivity contribution in [3.8, 4) is 28.4 Å². The second-order valence-electron chi connectivity index (χ2n) is 9.33. The predicted molar refractivity (Wildman–Crippen MR) is 157 cm³/mol. The van der Waals surface area contributed by atoms with Crippen LogP contribution in [0, 0.1) is 0 Å². The van der Waals surface area contributed by atoms with Gasteiger partial charge in [0.1, 0.15) is 23.0 Å². The molecular formula is C35H25NO2. The van der Waals surface area contributed by atoms with Crippen molar-refractivity contribution >= 4 is 33.4 Å². The number of allylic oxidation sites excluding steroid dienone is 4. The van der Waals surface area contributed by atoms with Gasteiger partial charge in [-0.05, 0) is 84.8 Å². The highest BCUT2D eigenvalue weighted by molar-refractivity contribution is 6.13. The Kier molecular flexibility index (Phi) is 5.15. The summed E-state index contributed by atoms with van der Waals surface area (Å²) < 4.78 is 12.9. The maximum absolute atomic E-state index is 6.60. The third-order valence-corrected chi connectivity index (χ3v) is 7.17. The topological polar surface area (TPSA) is 21.7 Å². The van der Waals surface area contributed by atoms with Crippen molar-refractivity contribution in [2.75, 3.05) is 4.90 Å². The third kappa shape index (κ3) is 3.36. The van der Waals surface area contributed by atoms with Crippen LogP contribution in [0.1, 0.15) is 12.5 Å². The quantitative estimate of drug-likeness (QED) is 0.245. The molecule has 3 heteroatoms. The van der Waals surface area contributed by atoms with Crippen LogP contribution in [0.2, 0.25) is 0 Å². The maximum Gasteiger partial charge on any atom is 0.137 e. The summed E-state index contributed by atoms with van der Waals surface area (Å²) >= 11 is 0. The molecule has 0 aliphatic carbocycles. The number of benzene rings is 5. The van der Waals surface area contributed by atoms with E-state index in [2.05, 4.69) is 102 Å². The van der Waals surface area contributed by atoms with Gasteiger partial charge in [-0.1, -0.05) is 55.1 Å². The van der Waals surface area contributed by atoms with E-state index in [0.717, 1.165) is 73.1 Å². The Labute approximate surface area is 222 Å². The highest BCUT2D eigenvalue weighted by Crippen LogP contribution is 2.54. The van der Waals surface area contributed by atoms with Gasteiger partial charge in [0.15, 0.2) is 0 Å². The molecule has 0 amide bonds. The van der Waals surface area contributed by atoms with E-state index >= 15 is 0 Å². The molecular weight excluding hydrogens is 466 g/mol. The van der Waals surface area contributed by atoms with Crippen LogP contribution in [0.4, 0.5) is 17.1 Å². The molecule has 0 bridgehead atoms. The average molecular weight is 492 g/mol. The molecule has 2 heterocycles. The molecule has 38 heavy (non-hydrogen) atoms. The van der Waals surface area contributed by atoms with Gasteiger partial charge < -0.3 is 14.4 Å². The summed E-state index contributed by atoms with van der Waals surface area (Å²) in [4.78, 5) is 2.25. The van der Waals surface area contributed by atoms with Crippen LogP contribution in [0.15, 0.2) is 134 Å². The van der Waals surface area contributed by atoms with Crippen LogP contribution in [0.25, 0.3) is 27.5 Å². The van der Waals surface area contributed by atoms with Crippen molar-refractivity contribution in [2.24, 2.45) is 0 Å². The van der Waals surface area contributed by atoms with Crippen molar-refractivity contribution in [2.45, 2.75) is 6.92 Å². The largest absolute Gasteiger partial charge is 0.456 e. The van der Waals surface area contributed by atoms with Gasteiger partial charge >= 0.3 is 0 Å². The second-order valence-corrected chi connectivity index (χ2v) is 9.33. The lowest BCUT2D eigenvalue weighted by atomic mass is 9.87. The molecule has 0 spiro atoms. The number of ether oxygens (including phenoxy) is 2. The van der Waals surface area contributed by atoms with Gasteiger partial charge in [0.05, 0.1) is 0 Å². The van der Waals surface area contributed by atoms with Crippen LogP contribution in [-0.2, 0) is 0 Å². The Morgan fingerprint density at radius 1 is 0.605 bits per heavy atom. The Morgan fingerprint density at radius 2 is 1.21 bits per heavy atom. The Hall–Kier alpha value is -5.02. The fourth-order valence-electron chi connectivity index (χ4n) is 5.54. The molecule has 5 aromatic rings. The molecule has 0 saturated heterocycles. The van der Waals surface area contributed by atoms with Crippen LogP contribution < -0.4 is 14.4 Å². The van der Waals surface area contributed by atoms with Gasteiger partial charge in [0, 0.05) is 45.0 Å². The van der Waals surface area contributed by atoms with Crippen LogP contribution in [0.5, 0.6) is 17.2 Å². The number of nitrogens with zero attached hydrogens (tertiary/aromatic N) is 1. The molecule has 0 radical (unpaired) electrons. The molecule has 3 nitrogen and oxygen atoms in total. The zero-order valence-corrected chi connectivity index (χ0v) is 21.0. The van der Waals surface area contributed by atoms with E-state index in [-0.39, 0.29) is 0 Å². The minimum Gasteiger partial charge on any atom is -0.456 e. The second kappa shape index (κ2) is 8.82. The molecule has 0 saturated carbocycles. The van der Waals surface area contributed by atoms with E-state index < -0.39 is 0 Å². The summed E-state index contributed by atoms with van der Waals surface area (Å²) in [6.45, 7) is 5.91. The molecule has 0 aromatic heterocycles. The monoisotopic (exact) mass is 491 g/mol. The fourth-order valence-corrected chi connectivity index (χ4v) is 5.54. The SMILES string of the molecule is C=CC=C1/C(=C\C)Oc2ccc3c4c(ccc1c24)Oc1cc(N(c2ccccc2)c2ccccc2)ccc1-3. The van der Waals surface area contributed by atoms with Crippen molar-refractivity contribution < 1.29 is 9.47 Å². The van der Waals surface area contributed by atoms with E-state index in [1.165, 1.54) is 0 Å². The van der Waals surface area contributed by atoms with E-state index in [9.17, 15) is 0 Å². The highest BCUT2D eigenvalue weighted by atomic mass is 16.5. The molecule has 7 rings (SSSR count). The lowest BCUT2D eigenvalue weighted by molar-refractivity contribution is 0.448. The number of fused-ring (bicyclic) bond motifs is 2. The molecule has 5 aromatic carbocycles. The minimum atomic E-state index is 0.835. The molecule has 0 atom stereocenters. The molecule has 2 aliphatic rings. The Bertz CT molecular complexity index is 1740. The number of para-hydroxylation sites is 2. The summed E-state index contributed by atoms with van der Waals surface area (Å²) in [7, 11) is 0. The number of hydrogen-bond acceptors (Lipinski definition) is 3. The van der Waals surface area contributed by atoms with Gasteiger partial charge in [0.25, 0.3) is 0 Å². The summed E-state index contributed by atoms with van der Waals surface area (Å²) in [6.07, 6.45) is 5.81. The zero-order chi connectivity index (χ0) is 25.6. The summed E-state index contributed by atoms with van der Waals surface area (Å²) in [5, 5.41) is 2.15. The first-order valence-corrected chi connectivity index (χ1v) is 12.8. The van der Waals surface area contributed by atoms with Gasteiger partial charge in [-0.2, -0.15) is 0 Å². The number of hydrogen-bond donors (Lipinski definition) is 0. The molecule has 182 valence electrons. The van der Waals surface area contributed by atoms with Gasteiger partial charge in [-0.3, -0.25) is 0 Å². The lowest BCUT2D eigenvalue weighted by Crippen LogP contribution is -2.11. The summed E-state index contributed by atoms with van der Waals surface area (Å²) in [5.41, 5.74) is 7.58. The van der Waals surface area contributed by atoms with Crippen molar-refractivity contribution in [3.63, 3.8) is 0 Å². The highest BCUT2D eigenvalue weighted by Gasteiger charge is 2.29. The standard InChI is InChI=1S/C35H25NO2/c1-3-11-26-28-18-21-32-35-29(19-20-31(34(28)35)37-30(26)4-2)27-17-16-25(22-33(27)38-32)36(23-12-7-5-8-13-23)24-14-9-6-10-15-24/h3-22H,1H2,2H3/b26-11?,30-4+. The Balaban J connectivity index is 1.41. The lowest BCUT2D eigenvalue weighted by Gasteiger charge is -2.30. The van der Waals surface area contributed by atoms with Gasteiger partial charge in [-0.15, -0.1) is 0 Å². The zero-order valence-electron chi connectivity index (χ0n) is 21.0. The molecule has 0 unspecified atom stereocenters. The predicted octanol–water partition coefficient (Wildman–Crippen LogP) is 9.95. The van der Waals surface area contributed by atoms with Crippen molar-refractivity contribution in [1.29, 1.82) is 0 Å². The van der Waals surface area contributed by atoms with Crippen molar-refractivity contribution in [3.05, 3.63) is 139 Å². The molecule has 0 fully saturated rings. The number of anilines is 3. The van der Waals surface area contributed by atoms with Crippen LogP contribution in [0.3, 0.4) is 0 Å². The normalized spacial score (nSPS) is 15.1. The third-order valence-electron chi connectivity index (χ3n) is 7.17. The van der Waals surface area contributed by atoms with E-state index in [0.29, 0.717) is 0 Å². The summed E-state index contributed by atoms with van der Waals surface area (Å²) in [5.74, 6) is 3.35. The Morgan fingerprint density at radius 3 is 1.87 bits per heavy atom. The summed E-state index contributed by atoms with van der Waals surface area (Å²) in [6, 6.07) is 35.7. The first-order valence-electron chi connectivity index (χ1n) is 12.8. The van der Waals surface area contributed by atoms with Crippen LogP contribution in [-0.4, -0.2) is 0 Å². The first kappa shape index (κ1) is 22.2. The van der Waals surface area contributed by atoms with Gasteiger partial charge in [0.2, 0.25) is 0 Å². The van der Waals surface area contributed by atoms with E-state index in [1.807, 2.05) is 31.2 Å². The molecule has 0 N–H and O–H groups in total. The maximum atomic E-state index is 6.60. The molecule has 2 aliphatic heterocycles. The van der Waals surface area contributed by atoms with E-state index in [4.69, 9.17) is 9.47 Å².